The van der Waals surface area contributed by atoms with E-state index < -0.39 is 11.6 Å². The highest BCUT2D eigenvalue weighted by atomic mass is 19.1. The van der Waals surface area contributed by atoms with E-state index in [1.807, 2.05) is 13.8 Å². The number of hydrogen-bond acceptors (Lipinski definition) is 3. The highest BCUT2D eigenvalue weighted by Crippen LogP contribution is 2.23. The molecule has 0 spiro atoms. The Balaban J connectivity index is 2.61. The predicted octanol–water partition coefficient (Wildman–Crippen LogP) is 3.33. The van der Waals surface area contributed by atoms with Crippen LogP contribution in [0.1, 0.15) is 18.2 Å². The lowest BCUT2D eigenvalue weighted by Crippen LogP contribution is -2.05. The maximum Gasteiger partial charge on any atom is 0.161 e. The maximum absolute atomic E-state index is 13.2. The minimum Gasteiger partial charge on any atom is -0.373 e. The van der Waals surface area contributed by atoms with Gasteiger partial charge in [0.05, 0.1) is 0 Å². The third kappa shape index (κ3) is 2.70. The van der Waals surface area contributed by atoms with Gasteiger partial charge >= 0.3 is 0 Å². The molecule has 19 heavy (non-hydrogen) atoms. The summed E-state index contributed by atoms with van der Waals surface area (Å²) in [6.07, 6.45) is 0.730. The van der Waals surface area contributed by atoms with E-state index >= 15 is 0 Å². The van der Waals surface area contributed by atoms with E-state index in [0.717, 1.165) is 23.7 Å². The molecule has 1 heterocycles. The number of halogens is 2. The Bertz CT molecular complexity index is 566. The van der Waals surface area contributed by atoms with Gasteiger partial charge in [0.25, 0.3) is 0 Å². The van der Waals surface area contributed by atoms with Crippen LogP contribution in [-0.4, -0.2) is 17.0 Å². The number of anilines is 1. The van der Waals surface area contributed by atoms with Crippen LogP contribution in [0.25, 0.3) is 11.4 Å². The largest absolute Gasteiger partial charge is 0.373 e. The first kappa shape index (κ1) is 13.4. The van der Waals surface area contributed by atoms with E-state index in [4.69, 9.17) is 0 Å². The van der Waals surface area contributed by atoms with Crippen molar-refractivity contribution in [3.8, 4) is 11.4 Å². The van der Waals surface area contributed by atoms with Crippen molar-refractivity contribution in [1.82, 2.24) is 9.97 Å². The topological polar surface area (TPSA) is 37.8 Å². The first-order valence-electron chi connectivity index (χ1n) is 6.07. The number of nitrogens with one attached hydrogen (secondary N) is 1. The van der Waals surface area contributed by atoms with Gasteiger partial charge in [-0.2, -0.15) is 0 Å². The van der Waals surface area contributed by atoms with Crippen molar-refractivity contribution >= 4 is 5.82 Å². The van der Waals surface area contributed by atoms with E-state index in [-0.39, 0.29) is 0 Å². The molecule has 1 N–H and O–H groups in total. The SMILES string of the molecule is CCc1nc(-c2cc(F)cc(F)c2)nc(NC)c1C. The van der Waals surface area contributed by atoms with Crippen LogP contribution in [0.5, 0.6) is 0 Å². The Morgan fingerprint density at radius 2 is 1.74 bits per heavy atom. The van der Waals surface area contributed by atoms with Crippen LogP contribution in [-0.2, 0) is 6.42 Å². The summed E-state index contributed by atoms with van der Waals surface area (Å²) in [6.45, 7) is 3.89. The van der Waals surface area contributed by atoms with Gasteiger partial charge in [0.1, 0.15) is 17.5 Å². The summed E-state index contributed by atoms with van der Waals surface area (Å²) in [4.78, 5) is 8.66. The van der Waals surface area contributed by atoms with Crippen molar-refractivity contribution in [1.29, 1.82) is 0 Å². The molecule has 0 radical (unpaired) electrons. The number of aryl methyl sites for hydroxylation is 1. The molecule has 1 aromatic carbocycles. The molecule has 2 rings (SSSR count). The summed E-state index contributed by atoms with van der Waals surface area (Å²) >= 11 is 0. The number of benzene rings is 1. The van der Waals surface area contributed by atoms with Crippen LogP contribution in [0.2, 0.25) is 0 Å². The molecule has 0 unspecified atom stereocenters. The first-order valence-corrected chi connectivity index (χ1v) is 6.07. The highest BCUT2D eigenvalue weighted by molar-refractivity contribution is 5.59. The van der Waals surface area contributed by atoms with Crippen LogP contribution >= 0.6 is 0 Å². The average molecular weight is 263 g/mol. The van der Waals surface area contributed by atoms with E-state index in [0.29, 0.717) is 17.2 Å². The van der Waals surface area contributed by atoms with Crippen LogP contribution in [0.3, 0.4) is 0 Å². The second kappa shape index (κ2) is 5.30. The van der Waals surface area contributed by atoms with Crippen LogP contribution < -0.4 is 5.32 Å². The fraction of sp³-hybridized carbons (Fsp3) is 0.286. The highest BCUT2D eigenvalue weighted by Gasteiger charge is 2.12. The zero-order valence-electron chi connectivity index (χ0n) is 11.1. The van der Waals surface area contributed by atoms with Crippen molar-refractivity contribution in [2.45, 2.75) is 20.3 Å². The first-order chi connectivity index (χ1) is 9.05. The molecule has 0 amide bonds. The van der Waals surface area contributed by atoms with Crippen LogP contribution in [0, 0.1) is 18.6 Å². The van der Waals surface area contributed by atoms with Gasteiger partial charge in [-0.3, -0.25) is 0 Å². The van der Waals surface area contributed by atoms with Crippen molar-refractivity contribution in [3.05, 3.63) is 41.1 Å². The summed E-state index contributed by atoms with van der Waals surface area (Å²) in [6, 6.07) is 3.29. The minimum atomic E-state index is -0.636. The van der Waals surface area contributed by atoms with Gasteiger partial charge in [-0.05, 0) is 25.5 Å². The maximum atomic E-state index is 13.2. The van der Waals surface area contributed by atoms with Crippen LogP contribution in [0.15, 0.2) is 18.2 Å². The smallest absolute Gasteiger partial charge is 0.161 e. The minimum absolute atomic E-state index is 0.324. The standard InChI is InChI=1S/C14H15F2N3/c1-4-12-8(2)13(17-3)19-14(18-12)9-5-10(15)7-11(16)6-9/h5-7H,4H2,1-3H3,(H,17,18,19). The number of nitrogens with zero attached hydrogens (tertiary/aromatic N) is 2. The summed E-state index contributed by atoms with van der Waals surface area (Å²) in [5, 5.41) is 2.97. The Hall–Kier alpha value is -2.04. The Kier molecular flexibility index (Phi) is 3.74. The summed E-state index contributed by atoms with van der Waals surface area (Å²) in [7, 11) is 1.75. The zero-order valence-corrected chi connectivity index (χ0v) is 11.1. The summed E-state index contributed by atoms with van der Waals surface area (Å²) < 4.78 is 26.5. The molecule has 0 saturated carbocycles. The molecular formula is C14H15F2N3. The molecule has 0 aliphatic carbocycles. The van der Waals surface area contributed by atoms with Crippen molar-refractivity contribution < 1.29 is 8.78 Å². The molecule has 100 valence electrons. The third-order valence-electron chi connectivity index (χ3n) is 2.94. The van der Waals surface area contributed by atoms with Crippen molar-refractivity contribution in [2.24, 2.45) is 0 Å². The van der Waals surface area contributed by atoms with Crippen molar-refractivity contribution in [3.63, 3.8) is 0 Å². The molecule has 2 aromatic rings. The third-order valence-corrected chi connectivity index (χ3v) is 2.94. The van der Waals surface area contributed by atoms with Gasteiger partial charge in [-0.15, -0.1) is 0 Å². The average Bonchev–Trinajstić information content (AvgIpc) is 2.37. The molecule has 3 nitrogen and oxygen atoms in total. The molecule has 5 heteroatoms. The van der Waals surface area contributed by atoms with Crippen LogP contribution in [0.4, 0.5) is 14.6 Å². The number of rotatable bonds is 3. The lowest BCUT2D eigenvalue weighted by Gasteiger charge is -2.11. The normalized spacial score (nSPS) is 10.6. The molecular weight excluding hydrogens is 248 g/mol. The van der Waals surface area contributed by atoms with Gasteiger partial charge < -0.3 is 5.32 Å². The van der Waals surface area contributed by atoms with E-state index in [9.17, 15) is 8.78 Å². The van der Waals surface area contributed by atoms with Gasteiger partial charge in [0.15, 0.2) is 5.82 Å². The molecule has 0 fully saturated rings. The predicted molar refractivity (Wildman–Crippen MR) is 71.0 cm³/mol. The summed E-state index contributed by atoms with van der Waals surface area (Å²) in [5.74, 6) is -0.275. The van der Waals surface area contributed by atoms with E-state index in [1.54, 1.807) is 7.05 Å². The zero-order chi connectivity index (χ0) is 14.0. The number of hydrogen-bond donors (Lipinski definition) is 1. The molecule has 0 aliphatic heterocycles. The Morgan fingerprint density at radius 3 is 2.26 bits per heavy atom. The van der Waals surface area contributed by atoms with Gasteiger partial charge in [0, 0.05) is 29.9 Å². The fourth-order valence-corrected chi connectivity index (χ4v) is 1.96. The Labute approximate surface area is 110 Å². The molecule has 0 aliphatic rings. The van der Waals surface area contributed by atoms with Gasteiger partial charge in [-0.1, -0.05) is 6.92 Å². The molecule has 0 bridgehead atoms. The second-order valence-electron chi connectivity index (χ2n) is 4.23. The van der Waals surface area contributed by atoms with E-state index in [2.05, 4.69) is 15.3 Å². The fourth-order valence-electron chi connectivity index (χ4n) is 1.96. The van der Waals surface area contributed by atoms with E-state index in [1.165, 1.54) is 12.1 Å². The lowest BCUT2D eigenvalue weighted by molar-refractivity contribution is 0.584. The van der Waals surface area contributed by atoms with Crippen molar-refractivity contribution in [2.75, 3.05) is 12.4 Å². The molecule has 0 atom stereocenters. The second-order valence-corrected chi connectivity index (χ2v) is 4.23. The van der Waals surface area contributed by atoms with Gasteiger partial charge in [-0.25, -0.2) is 18.7 Å². The number of aromatic nitrogens is 2. The molecule has 0 saturated heterocycles. The lowest BCUT2D eigenvalue weighted by atomic mass is 10.1. The molecule has 1 aromatic heterocycles. The van der Waals surface area contributed by atoms with Gasteiger partial charge in [0.2, 0.25) is 0 Å². The quantitative estimate of drug-likeness (QED) is 0.923. The Morgan fingerprint density at radius 1 is 1.11 bits per heavy atom. The monoisotopic (exact) mass is 263 g/mol. The summed E-state index contributed by atoms with van der Waals surface area (Å²) in [5.41, 5.74) is 2.15.